The first-order chi connectivity index (χ1) is 16.3. The van der Waals surface area contributed by atoms with Crippen LogP contribution in [0.2, 0.25) is 5.02 Å². The van der Waals surface area contributed by atoms with E-state index >= 15 is 0 Å². The lowest BCUT2D eigenvalue weighted by molar-refractivity contribution is 0.207. The van der Waals surface area contributed by atoms with Gasteiger partial charge in [0.05, 0.1) is 17.7 Å². The molecule has 2 heterocycles. The fourth-order valence-corrected chi connectivity index (χ4v) is 5.34. The SMILES string of the molecule is N#Cc1cc(F)cc(CC2CCN([C@@H](c3ccc(Cl)cc3)c3nc(C(=N)OC(N)=O)cs3)C2)c1. The van der Waals surface area contributed by atoms with Crippen molar-refractivity contribution in [3.63, 3.8) is 0 Å². The van der Waals surface area contributed by atoms with Crippen LogP contribution >= 0.6 is 22.9 Å². The highest BCUT2D eigenvalue weighted by Gasteiger charge is 2.32. The minimum Gasteiger partial charge on any atom is -0.390 e. The Morgan fingerprint density at radius 2 is 2.15 bits per heavy atom. The molecule has 3 aromatic rings. The Kier molecular flexibility index (Phi) is 7.22. The molecule has 174 valence electrons. The number of nitrogens with zero attached hydrogens (tertiary/aromatic N) is 3. The predicted octanol–water partition coefficient (Wildman–Crippen LogP) is 4.88. The Bertz CT molecular complexity index is 1260. The van der Waals surface area contributed by atoms with Crippen LogP contribution in [0.1, 0.15) is 39.9 Å². The molecule has 1 aliphatic heterocycles. The fraction of sp³-hybridized carbons (Fsp3) is 0.250. The van der Waals surface area contributed by atoms with Gasteiger partial charge in [0.15, 0.2) is 0 Å². The van der Waals surface area contributed by atoms with Gasteiger partial charge in [0.2, 0.25) is 5.90 Å². The van der Waals surface area contributed by atoms with E-state index in [0.717, 1.165) is 35.6 Å². The number of nitriles is 1. The summed E-state index contributed by atoms with van der Waals surface area (Å²) in [6.07, 6.45) is 0.505. The van der Waals surface area contributed by atoms with E-state index < -0.39 is 17.8 Å². The molecule has 0 aliphatic carbocycles. The quantitative estimate of drug-likeness (QED) is 0.372. The van der Waals surface area contributed by atoms with Crippen molar-refractivity contribution in [2.45, 2.75) is 18.9 Å². The minimum absolute atomic E-state index is 0.190. The largest absolute Gasteiger partial charge is 0.411 e. The zero-order chi connectivity index (χ0) is 24.2. The van der Waals surface area contributed by atoms with Gasteiger partial charge in [-0.1, -0.05) is 23.7 Å². The van der Waals surface area contributed by atoms with E-state index in [1.54, 1.807) is 11.4 Å². The van der Waals surface area contributed by atoms with Gasteiger partial charge >= 0.3 is 6.09 Å². The Balaban J connectivity index is 1.57. The second-order valence-electron chi connectivity index (χ2n) is 8.09. The monoisotopic (exact) mass is 497 g/mol. The molecular formula is C24H21ClFN5O2S. The predicted molar refractivity (Wildman–Crippen MR) is 127 cm³/mol. The Morgan fingerprint density at radius 3 is 2.85 bits per heavy atom. The molecule has 7 nitrogen and oxygen atoms in total. The molecule has 1 fully saturated rings. The smallest absolute Gasteiger partial charge is 0.390 e. The topological polar surface area (TPSA) is 116 Å². The van der Waals surface area contributed by atoms with Gasteiger partial charge in [0.25, 0.3) is 0 Å². The van der Waals surface area contributed by atoms with Gasteiger partial charge in [0.1, 0.15) is 16.5 Å². The number of amides is 1. The number of primary amides is 1. The second-order valence-corrected chi connectivity index (χ2v) is 9.42. The number of ether oxygens (including phenoxy) is 1. The number of carbonyl (C=O) groups is 1. The Morgan fingerprint density at radius 1 is 1.38 bits per heavy atom. The first-order valence-corrected chi connectivity index (χ1v) is 11.8. The molecule has 1 unspecified atom stereocenters. The fourth-order valence-electron chi connectivity index (χ4n) is 4.25. The van der Waals surface area contributed by atoms with Crippen molar-refractivity contribution in [1.82, 2.24) is 9.88 Å². The summed E-state index contributed by atoms with van der Waals surface area (Å²) in [4.78, 5) is 17.8. The van der Waals surface area contributed by atoms with Crippen molar-refractivity contribution in [1.29, 1.82) is 10.7 Å². The molecule has 2 atom stereocenters. The lowest BCUT2D eigenvalue weighted by atomic mass is 9.97. The standard InChI is InChI=1S/C24H21ClFN5O2S/c25-18-3-1-17(2-4-18)21(23-30-20(13-34-23)22(28)33-24(29)32)31-6-5-14(12-31)7-15-8-16(11-27)10-19(26)9-15/h1-4,8-10,13-14,21,28H,5-7,12H2,(H2,29,32)/t14?,21-/m0/s1. The van der Waals surface area contributed by atoms with Crippen LogP contribution in [0.25, 0.3) is 0 Å². The zero-order valence-electron chi connectivity index (χ0n) is 18.0. The summed E-state index contributed by atoms with van der Waals surface area (Å²) in [5.41, 5.74) is 7.37. The lowest BCUT2D eigenvalue weighted by Gasteiger charge is -2.27. The Hall–Kier alpha value is -3.32. The number of benzene rings is 2. The lowest BCUT2D eigenvalue weighted by Crippen LogP contribution is -2.28. The van der Waals surface area contributed by atoms with Crippen LogP contribution in [0.15, 0.2) is 47.8 Å². The van der Waals surface area contributed by atoms with E-state index in [9.17, 15) is 9.18 Å². The number of likely N-dealkylation sites (tertiary alicyclic amines) is 1. The number of carbonyl (C=O) groups excluding carboxylic acids is 1. The van der Waals surface area contributed by atoms with Gasteiger partial charge in [-0.25, -0.2) is 14.2 Å². The first-order valence-electron chi connectivity index (χ1n) is 10.5. The maximum absolute atomic E-state index is 13.9. The highest BCUT2D eigenvalue weighted by molar-refractivity contribution is 7.10. The molecule has 1 aliphatic rings. The van der Waals surface area contributed by atoms with Crippen molar-refractivity contribution in [2.24, 2.45) is 11.7 Å². The molecule has 34 heavy (non-hydrogen) atoms. The van der Waals surface area contributed by atoms with Crippen LogP contribution in [-0.2, 0) is 11.2 Å². The summed E-state index contributed by atoms with van der Waals surface area (Å²) in [5, 5.41) is 20.1. The van der Waals surface area contributed by atoms with Crippen molar-refractivity contribution in [3.8, 4) is 6.07 Å². The summed E-state index contributed by atoms with van der Waals surface area (Å²) in [6.45, 7) is 1.54. The number of halogens is 2. The van der Waals surface area contributed by atoms with Gasteiger partial charge in [-0.15, -0.1) is 11.3 Å². The summed E-state index contributed by atoms with van der Waals surface area (Å²) in [6, 6.07) is 13.8. The van der Waals surface area contributed by atoms with E-state index in [1.807, 2.05) is 30.3 Å². The maximum atomic E-state index is 13.9. The number of hydrogen-bond donors (Lipinski definition) is 2. The molecule has 2 aromatic carbocycles. The molecule has 1 saturated heterocycles. The van der Waals surface area contributed by atoms with Gasteiger partial charge in [0, 0.05) is 16.9 Å². The Labute approximate surface area is 205 Å². The van der Waals surface area contributed by atoms with Crippen LogP contribution in [0.5, 0.6) is 0 Å². The molecule has 0 radical (unpaired) electrons. The maximum Gasteiger partial charge on any atom is 0.411 e. The van der Waals surface area contributed by atoms with Gasteiger partial charge in [-0.3, -0.25) is 10.3 Å². The molecule has 0 saturated carbocycles. The summed E-state index contributed by atoms with van der Waals surface area (Å²) in [7, 11) is 0. The minimum atomic E-state index is -1.06. The summed E-state index contributed by atoms with van der Waals surface area (Å²) in [5.74, 6) is -0.526. The van der Waals surface area contributed by atoms with E-state index in [4.69, 9.17) is 28.0 Å². The number of aromatic nitrogens is 1. The molecule has 4 rings (SSSR count). The van der Waals surface area contributed by atoms with Crippen LogP contribution in [0.4, 0.5) is 9.18 Å². The molecule has 0 bridgehead atoms. The van der Waals surface area contributed by atoms with Crippen LogP contribution in [0, 0.1) is 28.5 Å². The van der Waals surface area contributed by atoms with Crippen molar-refractivity contribution >= 4 is 34.9 Å². The second kappa shape index (κ2) is 10.3. The average Bonchev–Trinajstić information content (AvgIpc) is 3.45. The third-order valence-corrected chi connectivity index (χ3v) is 6.82. The number of hydrogen-bond acceptors (Lipinski definition) is 7. The molecule has 0 spiro atoms. The average molecular weight is 498 g/mol. The van der Waals surface area contributed by atoms with Crippen molar-refractivity contribution < 1.29 is 13.9 Å². The third-order valence-electron chi connectivity index (χ3n) is 5.67. The molecule has 10 heteroatoms. The molecule has 1 amide bonds. The van der Waals surface area contributed by atoms with Crippen LogP contribution in [-0.4, -0.2) is 35.0 Å². The van der Waals surface area contributed by atoms with Gasteiger partial charge < -0.3 is 10.5 Å². The van der Waals surface area contributed by atoms with Gasteiger partial charge in [-0.2, -0.15) is 5.26 Å². The number of rotatable bonds is 6. The van der Waals surface area contributed by atoms with Crippen LogP contribution in [0.3, 0.4) is 0 Å². The highest BCUT2D eigenvalue weighted by Crippen LogP contribution is 2.36. The van der Waals surface area contributed by atoms with E-state index in [-0.39, 0.29) is 17.7 Å². The van der Waals surface area contributed by atoms with Crippen molar-refractivity contribution in [3.05, 3.63) is 86.1 Å². The van der Waals surface area contributed by atoms with E-state index in [1.165, 1.54) is 23.5 Å². The van der Waals surface area contributed by atoms with E-state index in [0.29, 0.717) is 17.0 Å². The normalized spacial score (nSPS) is 16.7. The molecule has 3 N–H and O–H groups in total. The number of thiazole rings is 1. The van der Waals surface area contributed by atoms with E-state index in [2.05, 4.69) is 14.6 Å². The zero-order valence-corrected chi connectivity index (χ0v) is 19.6. The molecular weight excluding hydrogens is 477 g/mol. The van der Waals surface area contributed by atoms with Crippen LogP contribution < -0.4 is 5.73 Å². The van der Waals surface area contributed by atoms with Gasteiger partial charge in [-0.05, 0) is 66.8 Å². The molecule has 1 aromatic heterocycles. The number of nitrogens with two attached hydrogens (primary N) is 1. The summed E-state index contributed by atoms with van der Waals surface area (Å²) >= 11 is 7.47. The highest BCUT2D eigenvalue weighted by atomic mass is 35.5. The third kappa shape index (κ3) is 5.59. The summed E-state index contributed by atoms with van der Waals surface area (Å²) < 4.78 is 18.5. The van der Waals surface area contributed by atoms with Crippen molar-refractivity contribution in [2.75, 3.05) is 13.1 Å². The first kappa shape index (κ1) is 23.8. The number of nitrogens with one attached hydrogen (secondary N) is 1.